The fraction of sp³-hybridized carbons (Fsp3) is 0.562. The van der Waals surface area contributed by atoms with Crippen LogP contribution >= 0.6 is 0 Å². The minimum atomic E-state index is -0.981. The number of hydrogen-bond acceptors (Lipinski definition) is 28. The number of alkyl halides is 1. The molecule has 7 rings (SSSR count). The highest BCUT2D eigenvalue weighted by atomic mass is 19.1. The number of hydrogen-bond donors (Lipinski definition) is 8. The number of primary amides is 3. The maximum absolute atomic E-state index is 13.8. The van der Waals surface area contributed by atoms with E-state index in [2.05, 4.69) is 26.6 Å². The van der Waals surface area contributed by atoms with Crippen molar-refractivity contribution < 1.29 is 119 Å². The van der Waals surface area contributed by atoms with Gasteiger partial charge in [-0.15, -0.1) is 0 Å². The molecule has 0 radical (unpaired) electrons. The smallest absolute Gasteiger partial charge is 0.405 e. The molecule has 11 N–H and O–H groups in total. The number of carbonyl (C=O) groups is 12. The Labute approximate surface area is 769 Å². The Balaban J connectivity index is 0.000000348. The highest BCUT2D eigenvalue weighted by Gasteiger charge is 2.41. The SMILES string of the molecule is CO[C@H]1[C@@H](OC)C[C@H](C)CC2=C(N3CCC3)C(=O)C=C(NC(=O)/C(C)=C/C=C\[C@H](OC)[C@@H](OC(N)=O)/C(C)=C/[C@@H]1C)C2=O.CO[C@H]1[C@@H](OC)C[C@H](C)CC2=C(NCCF)C(=O)C=C(NC(=O)/C(C)=C/C=C\[C@H](OC)[C@@H](OC(N)=O)/C(C)=C/[C@@H]1C)C2=O.CO[C@H]1[C@@H](OC)C[C@H](C)CC2=C(NCCN(C)C)C(=O)C=C(NC(=O)/C(C)=C/C=C\[C@H](OC)[C@@H](OC(N)=O)/C(C)=C/[C@@H]1C)C2=O. The number of rotatable bonds is 20. The molecule has 0 aromatic carbocycles. The van der Waals surface area contributed by atoms with Crippen molar-refractivity contribution in [2.45, 2.75) is 201 Å². The lowest BCUT2D eigenvalue weighted by atomic mass is 9.84. The number of likely N-dealkylation sites (tertiary alicyclic amines) is 1. The van der Waals surface area contributed by atoms with Gasteiger partial charge >= 0.3 is 18.3 Å². The second kappa shape index (κ2) is 54.3. The molecule has 0 aromatic rings. The van der Waals surface area contributed by atoms with E-state index >= 15 is 0 Å². The number of likely N-dealkylation sites (N-methyl/N-ethyl adjacent to an activating group) is 1. The quantitative estimate of drug-likeness (QED) is 0.0321. The number of nitrogens with two attached hydrogens (primary N) is 3. The van der Waals surface area contributed by atoms with Gasteiger partial charge in [0.05, 0.1) is 70.8 Å². The summed E-state index contributed by atoms with van der Waals surface area (Å²) in [5.74, 6) is -5.20. The molecule has 34 nitrogen and oxygen atoms in total. The van der Waals surface area contributed by atoms with E-state index in [9.17, 15) is 61.9 Å². The predicted molar refractivity (Wildman–Crippen MR) is 490 cm³/mol. The zero-order valence-corrected chi connectivity index (χ0v) is 80.0. The van der Waals surface area contributed by atoms with Crippen molar-refractivity contribution in [3.63, 3.8) is 0 Å². The van der Waals surface area contributed by atoms with Gasteiger partial charge in [0.1, 0.15) is 25.0 Å². The number of halogens is 1. The van der Waals surface area contributed by atoms with Crippen LogP contribution in [0.2, 0.25) is 0 Å². The molecule has 6 bridgehead atoms. The topological polar surface area (TPSA) is 460 Å². The maximum atomic E-state index is 13.8. The molecular formula is C96H139FN10O24. The fourth-order valence-corrected chi connectivity index (χ4v) is 16.6. The van der Waals surface area contributed by atoms with E-state index in [-0.39, 0.29) is 141 Å². The highest BCUT2D eigenvalue weighted by molar-refractivity contribution is 6.25. The van der Waals surface area contributed by atoms with Gasteiger partial charge in [-0.05, 0) is 135 Å². The number of Topliss-reactive ketones (excluding diaryl/α,β-unsaturated/α-hetero) is 3. The summed E-state index contributed by atoms with van der Waals surface area (Å²) >= 11 is 0. The summed E-state index contributed by atoms with van der Waals surface area (Å²) in [6, 6.07) is 0. The second-order valence-electron chi connectivity index (χ2n) is 34.1. The van der Waals surface area contributed by atoms with Gasteiger partial charge in [0.25, 0.3) is 17.7 Å². The molecule has 18 atom stereocenters. The zero-order valence-electron chi connectivity index (χ0n) is 80.0. The molecule has 131 heavy (non-hydrogen) atoms. The minimum Gasteiger partial charge on any atom is -0.439 e. The van der Waals surface area contributed by atoms with Crippen LogP contribution in [-0.2, 0) is 100.0 Å². The van der Waals surface area contributed by atoms with Crippen molar-refractivity contribution in [2.75, 3.05) is 117 Å². The Morgan fingerprint density at radius 1 is 0.435 bits per heavy atom. The van der Waals surface area contributed by atoms with Crippen LogP contribution < -0.4 is 43.8 Å². The van der Waals surface area contributed by atoms with Crippen LogP contribution in [0.15, 0.2) is 175 Å². The molecular weight excluding hydrogens is 1700 g/mol. The number of methoxy groups -OCH3 is 9. The molecule has 35 heteroatoms. The molecule has 4 aliphatic heterocycles. The minimum absolute atomic E-state index is 0.0175. The number of carbonyl (C=O) groups excluding carboxylic acids is 12. The van der Waals surface area contributed by atoms with Gasteiger partial charge in [-0.3, -0.25) is 43.2 Å². The lowest BCUT2D eigenvalue weighted by molar-refractivity contribution is -0.120. The Morgan fingerprint density at radius 2 is 0.733 bits per heavy atom. The number of allylic oxidation sites excluding steroid dienone is 12. The molecule has 4 heterocycles. The molecule has 3 aliphatic carbocycles. The first-order chi connectivity index (χ1) is 62.0. The number of nitrogens with one attached hydrogen (secondary N) is 5. The van der Waals surface area contributed by atoms with Gasteiger partial charge in [-0.1, -0.05) is 114 Å². The number of amides is 6. The van der Waals surface area contributed by atoms with Gasteiger partial charge in [0.2, 0.25) is 34.7 Å². The van der Waals surface area contributed by atoms with Crippen molar-refractivity contribution in [2.24, 2.45) is 52.7 Å². The molecule has 1 fully saturated rings. The van der Waals surface area contributed by atoms with Gasteiger partial charge in [-0.2, -0.15) is 0 Å². The van der Waals surface area contributed by atoms with Crippen LogP contribution in [-0.4, -0.2) is 271 Å². The van der Waals surface area contributed by atoms with Crippen LogP contribution in [0.1, 0.15) is 128 Å². The lowest BCUT2D eigenvalue weighted by Gasteiger charge is -2.37. The summed E-state index contributed by atoms with van der Waals surface area (Å²) in [7, 11) is 17.8. The van der Waals surface area contributed by atoms with Crippen molar-refractivity contribution in [3.05, 3.63) is 175 Å². The average Bonchev–Trinajstić information content (AvgIpc) is 0.850. The summed E-state index contributed by atoms with van der Waals surface area (Å²) in [5, 5.41) is 13.7. The van der Waals surface area contributed by atoms with Gasteiger partial charge in [0.15, 0.2) is 18.3 Å². The fourth-order valence-electron chi connectivity index (χ4n) is 16.6. The monoisotopic (exact) mass is 1830 g/mol. The van der Waals surface area contributed by atoms with E-state index < -0.39 is 115 Å². The van der Waals surface area contributed by atoms with Gasteiger partial charge in [0, 0.05) is 166 Å². The summed E-state index contributed by atoms with van der Waals surface area (Å²) in [6.45, 7) is 23.5. The van der Waals surface area contributed by atoms with Crippen LogP contribution in [0.25, 0.3) is 0 Å². The molecule has 0 aromatic heterocycles. The largest absolute Gasteiger partial charge is 0.439 e. The Morgan fingerprint density at radius 3 is 1.00 bits per heavy atom. The van der Waals surface area contributed by atoms with Crippen molar-refractivity contribution in [1.29, 1.82) is 0 Å². The van der Waals surface area contributed by atoms with Crippen LogP contribution in [0.5, 0.6) is 0 Å². The van der Waals surface area contributed by atoms with Crippen molar-refractivity contribution >= 4 is 70.7 Å². The average molecular weight is 1840 g/mol. The van der Waals surface area contributed by atoms with Crippen LogP contribution in [0, 0.1) is 35.5 Å². The second-order valence-corrected chi connectivity index (χ2v) is 34.1. The Hall–Kier alpha value is -10.7. The van der Waals surface area contributed by atoms with E-state index in [1.807, 2.05) is 97.5 Å². The van der Waals surface area contributed by atoms with E-state index in [1.54, 1.807) is 106 Å². The first-order valence-corrected chi connectivity index (χ1v) is 43.8. The molecule has 0 spiro atoms. The molecule has 6 amide bonds. The van der Waals surface area contributed by atoms with E-state index in [1.165, 1.54) is 52.6 Å². The third kappa shape index (κ3) is 32.3. The van der Waals surface area contributed by atoms with E-state index in [0.29, 0.717) is 85.4 Å². The van der Waals surface area contributed by atoms with Crippen LogP contribution in [0.4, 0.5) is 18.8 Å². The van der Waals surface area contributed by atoms with Crippen LogP contribution in [0.3, 0.4) is 0 Å². The summed E-state index contributed by atoms with van der Waals surface area (Å²) in [4.78, 5) is 159. The lowest BCUT2D eigenvalue weighted by Crippen LogP contribution is -2.43. The maximum Gasteiger partial charge on any atom is 0.405 e. The highest BCUT2D eigenvalue weighted by Crippen LogP contribution is 2.36. The number of ether oxygens (including phenoxy) is 12. The number of ketones is 6. The third-order valence-electron chi connectivity index (χ3n) is 23.5. The summed E-state index contributed by atoms with van der Waals surface area (Å²) in [5.41, 5.74) is 20.2. The van der Waals surface area contributed by atoms with E-state index in [0.717, 1.165) is 12.5 Å². The molecule has 0 unspecified atom stereocenters. The van der Waals surface area contributed by atoms with Crippen molar-refractivity contribution in [3.8, 4) is 0 Å². The number of fused-ring (bicyclic) bond motifs is 6. The van der Waals surface area contributed by atoms with E-state index in [4.69, 9.17) is 74.0 Å². The normalized spacial score (nSPS) is 31.6. The van der Waals surface area contributed by atoms with Gasteiger partial charge in [-0.25, -0.2) is 18.8 Å². The molecule has 7 aliphatic rings. The summed E-state index contributed by atoms with van der Waals surface area (Å²) in [6.07, 6.45) is 16.4. The molecule has 0 saturated carbocycles. The third-order valence-corrected chi connectivity index (χ3v) is 23.5. The molecule has 1 saturated heterocycles. The van der Waals surface area contributed by atoms with Gasteiger partial charge < -0.3 is 110 Å². The summed E-state index contributed by atoms with van der Waals surface area (Å²) < 4.78 is 81.4. The zero-order chi connectivity index (χ0) is 98.0. The Kier molecular flexibility index (Phi) is 45.9. The molecule has 724 valence electrons. The first-order valence-electron chi connectivity index (χ1n) is 43.8. The first kappa shape index (κ1) is 111. The number of nitrogens with zero attached hydrogens (tertiary/aromatic N) is 2. The predicted octanol–water partition coefficient (Wildman–Crippen LogP) is 8.66. The standard InChI is InChI=1S/C33H50N4O8.C32H45N3O8.C31H44FN3O8/c1-19-15-23-28(35-13-14-37(5)6)25(38)18-24(29(23)39)36-32(40)20(2)11-10-12-26(42-7)31(45-33(34)41)22(4)17-21(3)30(44-9)27(16-19)43-8;1-18-14-22-27(35-12-9-13-35)24(36)17-23(28(22)37)34-31(38)19(2)10-8-11-25(40-5)30(43-32(33)39)21(4)16-20(3)29(42-7)26(15-18)41-6;1-17-13-21-26(34-12-11-32)23(36)16-22(27(21)37)35-30(38)18(2)9-8-10-24(40-5)29(43-31(33)39)20(4)15-19(3)28(42-7)25(14-17)41-6/h10-12,17-19,21,26-27,30-31,35H,13-16H2,1-9H3,(H2,34,41)(H,36,40);8,10-11,16-18,20,25-26,29-30H,9,12-15H2,1-7H3,(H2,33,39)(H,34,38);8-10,15-17,19,24-25,28-29,34H,11-14H2,1-7H3,(H2,33,39)(H,35,38)/b12-10-,20-11+,22-17+;11-8-,19-10+,21-16+;10-8-,18-9+,20-15+/t19-,21+,26+,27+,30-,31+;18-,20+,25+,26+,29-,30+;17-,19+,24+,25+,28-,29+/m111/s1. The van der Waals surface area contributed by atoms with Crippen molar-refractivity contribution in [1.82, 2.24) is 36.4 Å². The Bertz CT molecular complexity index is 4590.